The molecule has 2 atom stereocenters. The fraction of sp³-hybridized carbons (Fsp3) is 0.320. The van der Waals surface area contributed by atoms with Crippen LogP contribution in [0.2, 0.25) is 0 Å². The van der Waals surface area contributed by atoms with E-state index >= 15 is 0 Å². The molecule has 0 saturated carbocycles. The summed E-state index contributed by atoms with van der Waals surface area (Å²) in [6, 6.07) is 14.1. The average Bonchev–Trinajstić information content (AvgIpc) is 2.84. The maximum Gasteiger partial charge on any atom is 0.225 e. The zero-order chi connectivity index (χ0) is 24.2. The Morgan fingerprint density at radius 3 is 2.62 bits per heavy atom. The first-order valence-electron chi connectivity index (χ1n) is 11.2. The van der Waals surface area contributed by atoms with E-state index in [0.717, 1.165) is 24.2 Å². The zero-order valence-corrected chi connectivity index (χ0v) is 19.3. The molecule has 4 rings (SSSR count). The number of nitrogens with zero attached hydrogens (tertiary/aromatic N) is 3. The van der Waals surface area contributed by atoms with Gasteiger partial charge in [0.05, 0.1) is 24.4 Å². The molecule has 178 valence electrons. The number of hydrogen-bond acceptors (Lipinski definition) is 7. The number of methoxy groups -OCH3 is 1. The van der Waals surface area contributed by atoms with Crippen LogP contribution >= 0.6 is 0 Å². The smallest absolute Gasteiger partial charge is 0.225 e. The molecule has 1 aliphatic heterocycles. The number of halogens is 1. The number of amides is 1. The normalized spacial score (nSPS) is 17.9. The summed E-state index contributed by atoms with van der Waals surface area (Å²) in [5, 5.41) is 3.04. The second kappa shape index (κ2) is 9.94. The van der Waals surface area contributed by atoms with Crippen molar-refractivity contribution in [3.05, 3.63) is 59.9 Å². The van der Waals surface area contributed by atoms with E-state index in [9.17, 15) is 9.18 Å². The molecule has 2 aromatic carbocycles. The number of hydrogen-bond donors (Lipinski definition) is 3. The van der Waals surface area contributed by atoms with Gasteiger partial charge in [0.2, 0.25) is 11.9 Å². The number of aromatic nitrogens is 2. The van der Waals surface area contributed by atoms with Gasteiger partial charge in [-0.25, -0.2) is 9.37 Å². The van der Waals surface area contributed by atoms with Gasteiger partial charge in [0.1, 0.15) is 17.4 Å². The minimum absolute atomic E-state index is 0.00410. The van der Waals surface area contributed by atoms with E-state index in [1.54, 1.807) is 19.2 Å². The molecular formula is C25H29FN6O2. The summed E-state index contributed by atoms with van der Waals surface area (Å²) in [5.41, 5.74) is 13.7. The minimum atomic E-state index is -0.517. The molecule has 1 aliphatic rings. The van der Waals surface area contributed by atoms with E-state index in [-0.39, 0.29) is 29.5 Å². The first kappa shape index (κ1) is 23.3. The Hall–Kier alpha value is -3.88. The van der Waals surface area contributed by atoms with E-state index in [4.69, 9.17) is 16.2 Å². The van der Waals surface area contributed by atoms with Gasteiger partial charge in [-0.15, -0.1) is 0 Å². The number of anilines is 3. The monoisotopic (exact) mass is 464 g/mol. The van der Waals surface area contributed by atoms with Crippen molar-refractivity contribution in [1.82, 2.24) is 15.3 Å². The predicted molar refractivity (Wildman–Crippen MR) is 131 cm³/mol. The Kier molecular flexibility index (Phi) is 6.81. The van der Waals surface area contributed by atoms with Crippen LogP contribution in [0.4, 0.5) is 21.8 Å². The van der Waals surface area contributed by atoms with Crippen molar-refractivity contribution in [2.75, 3.05) is 30.0 Å². The molecule has 34 heavy (non-hydrogen) atoms. The summed E-state index contributed by atoms with van der Waals surface area (Å²) in [7, 11) is 1.62. The number of carbonyl (C=O) groups excluding carboxylic acids is 1. The molecule has 0 bridgehead atoms. The largest absolute Gasteiger partial charge is 0.497 e. The molecule has 0 spiro atoms. The Bertz CT molecular complexity index is 1170. The van der Waals surface area contributed by atoms with Gasteiger partial charge < -0.3 is 26.4 Å². The predicted octanol–water partition coefficient (Wildman–Crippen LogP) is 3.38. The third kappa shape index (κ3) is 5.19. The summed E-state index contributed by atoms with van der Waals surface area (Å²) >= 11 is 0. The maximum absolute atomic E-state index is 14.0. The third-order valence-corrected chi connectivity index (χ3v) is 6.20. The van der Waals surface area contributed by atoms with Crippen LogP contribution in [0, 0.1) is 11.7 Å². The molecule has 2 heterocycles. The van der Waals surface area contributed by atoms with Gasteiger partial charge in [-0.2, -0.15) is 4.98 Å². The fourth-order valence-corrected chi connectivity index (χ4v) is 4.15. The summed E-state index contributed by atoms with van der Waals surface area (Å²) in [5.74, 6) is 0.759. The first-order valence-corrected chi connectivity index (χ1v) is 11.2. The van der Waals surface area contributed by atoms with Crippen molar-refractivity contribution < 1.29 is 13.9 Å². The molecule has 3 aromatic rings. The minimum Gasteiger partial charge on any atom is -0.497 e. The summed E-state index contributed by atoms with van der Waals surface area (Å²) in [6.45, 7) is 3.04. The Labute approximate surface area is 198 Å². The molecule has 1 aromatic heterocycles. The molecule has 9 heteroatoms. The summed E-state index contributed by atoms with van der Waals surface area (Å²) < 4.78 is 19.2. The standard InChI is InChI=1S/C25H29FN6O2/c1-15-3-6-18(24(33)29-13-16-4-8-19(34-2)9-5-16)14-32(15)23-12-22(30-25(28)31-23)17-7-10-21(27)20(26)11-17/h4-5,7-12,15,18H,3,6,13-14,27H2,1-2H3,(H,29,33)(H2,28,30,31)/t15-,18+/m1/s1. The lowest BCUT2D eigenvalue weighted by molar-refractivity contribution is -0.125. The molecule has 1 fully saturated rings. The number of ether oxygens (including phenoxy) is 1. The van der Waals surface area contributed by atoms with Crippen molar-refractivity contribution in [3.63, 3.8) is 0 Å². The van der Waals surface area contributed by atoms with E-state index in [0.29, 0.717) is 30.2 Å². The van der Waals surface area contributed by atoms with Crippen LogP contribution in [0.3, 0.4) is 0 Å². The highest BCUT2D eigenvalue weighted by atomic mass is 19.1. The maximum atomic E-state index is 14.0. The van der Waals surface area contributed by atoms with Crippen molar-refractivity contribution in [1.29, 1.82) is 0 Å². The van der Waals surface area contributed by atoms with Crippen molar-refractivity contribution in [2.45, 2.75) is 32.4 Å². The Morgan fingerprint density at radius 1 is 1.15 bits per heavy atom. The third-order valence-electron chi connectivity index (χ3n) is 6.20. The van der Waals surface area contributed by atoms with Gasteiger partial charge in [-0.1, -0.05) is 18.2 Å². The topological polar surface area (TPSA) is 119 Å². The lowest BCUT2D eigenvalue weighted by atomic mass is 9.92. The molecule has 0 radical (unpaired) electrons. The average molecular weight is 465 g/mol. The number of piperidine rings is 1. The van der Waals surface area contributed by atoms with Gasteiger partial charge >= 0.3 is 0 Å². The number of nitrogens with two attached hydrogens (primary N) is 2. The van der Waals surface area contributed by atoms with Crippen LogP contribution in [0.1, 0.15) is 25.3 Å². The van der Waals surface area contributed by atoms with Crippen LogP contribution in [-0.2, 0) is 11.3 Å². The Morgan fingerprint density at radius 2 is 1.91 bits per heavy atom. The molecule has 0 unspecified atom stereocenters. The first-order chi connectivity index (χ1) is 16.3. The number of nitrogens with one attached hydrogen (secondary N) is 1. The number of nitrogen functional groups attached to an aromatic ring is 2. The number of rotatable bonds is 6. The van der Waals surface area contributed by atoms with Crippen LogP contribution in [-0.4, -0.2) is 35.6 Å². The fourth-order valence-electron chi connectivity index (χ4n) is 4.15. The molecule has 1 saturated heterocycles. The van der Waals surface area contributed by atoms with Gasteiger partial charge in [0.15, 0.2) is 0 Å². The molecule has 1 amide bonds. The summed E-state index contributed by atoms with van der Waals surface area (Å²) in [6.07, 6.45) is 1.61. The van der Waals surface area contributed by atoms with Crippen LogP contribution in [0.5, 0.6) is 5.75 Å². The van der Waals surface area contributed by atoms with Crippen molar-refractivity contribution in [2.24, 2.45) is 5.92 Å². The van der Waals surface area contributed by atoms with Crippen molar-refractivity contribution >= 4 is 23.4 Å². The highest BCUT2D eigenvalue weighted by Gasteiger charge is 2.31. The Balaban J connectivity index is 1.48. The summed E-state index contributed by atoms with van der Waals surface area (Å²) in [4.78, 5) is 23.7. The molecule has 8 nitrogen and oxygen atoms in total. The van der Waals surface area contributed by atoms with Crippen LogP contribution < -0.4 is 26.4 Å². The number of benzene rings is 2. The molecular weight excluding hydrogens is 435 g/mol. The van der Waals surface area contributed by atoms with Crippen LogP contribution in [0.25, 0.3) is 11.3 Å². The van der Waals surface area contributed by atoms with E-state index < -0.39 is 5.82 Å². The highest BCUT2D eigenvalue weighted by molar-refractivity contribution is 5.79. The van der Waals surface area contributed by atoms with Gasteiger partial charge in [-0.05, 0) is 49.6 Å². The van der Waals surface area contributed by atoms with Gasteiger partial charge in [0.25, 0.3) is 0 Å². The van der Waals surface area contributed by atoms with Crippen LogP contribution in [0.15, 0.2) is 48.5 Å². The second-order valence-electron chi connectivity index (χ2n) is 8.55. The quantitative estimate of drug-likeness (QED) is 0.479. The number of carbonyl (C=O) groups is 1. The SMILES string of the molecule is COc1ccc(CNC(=O)[C@H]2CC[C@@H](C)N(c3cc(-c4ccc(N)c(F)c4)nc(N)n3)C2)cc1. The van der Waals surface area contributed by atoms with E-state index in [2.05, 4.69) is 27.1 Å². The zero-order valence-electron chi connectivity index (χ0n) is 19.3. The lowest BCUT2D eigenvalue weighted by Crippen LogP contribution is -2.47. The molecule has 0 aliphatic carbocycles. The van der Waals surface area contributed by atoms with Gasteiger partial charge in [0, 0.05) is 30.8 Å². The van der Waals surface area contributed by atoms with E-state index in [1.807, 2.05) is 24.3 Å². The van der Waals surface area contributed by atoms with Crippen molar-refractivity contribution in [3.8, 4) is 17.0 Å². The molecule has 5 N–H and O–H groups in total. The van der Waals surface area contributed by atoms with Gasteiger partial charge in [-0.3, -0.25) is 4.79 Å². The highest BCUT2D eigenvalue weighted by Crippen LogP contribution is 2.30. The second-order valence-corrected chi connectivity index (χ2v) is 8.55. The van der Waals surface area contributed by atoms with E-state index in [1.165, 1.54) is 12.1 Å². The lowest BCUT2D eigenvalue weighted by Gasteiger charge is -2.38.